The SMILES string of the molecule is c1ccc(-c2nc(-c3cccc(-c4ccc(-c5ccc6c(c5)C5(c7ccccc7-c7ccccc75)c5ccccc5-6)cc4)c3)nc(-c3ccc4c(c3)sc3ccccc34)n2)cc1. The van der Waals surface area contributed by atoms with Gasteiger partial charge in [0, 0.05) is 36.9 Å². The minimum Gasteiger partial charge on any atom is -0.208 e. The highest BCUT2D eigenvalue weighted by molar-refractivity contribution is 7.25. The molecule has 0 saturated heterocycles. The Morgan fingerprint density at radius 1 is 0.274 bits per heavy atom. The monoisotopic (exact) mass is 805 g/mol. The van der Waals surface area contributed by atoms with Crippen LogP contribution in [-0.4, -0.2) is 15.0 Å². The highest BCUT2D eigenvalue weighted by Gasteiger charge is 2.51. The van der Waals surface area contributed by atoms with E-state index >= 15 is 0 Å². The van der Waals surface area contributed by atoms with Gasteiger partial charge in [0.2, 0.25) is 0 Å². The number of fused-ring (bicyclic) bond motifs is 13. The summed E-state index contributed by atoms with van der Waals surface area (Å²) in [6.45, 7) is 0. The lowest BCUT2D eigenvalue weighted by atomic mass is 9.70. The molecule has 0 aliphatic heterocycles. The predicted octanol–water partition coefficient (Wildman–Crippen LogP) is 14.9. The molecule has 2 heterocycles. The number of rotatable bonds is 5. The van der Waals surface area contributed by atoms with Crippen LogP contribution in [0.2, 0.25) is 0 Å². The van der Waals surface area contributed by atoms with E-state index in [1.54, 1.807) is 11.3 Å². The van der Waals surface area contributed by atoms with Crippen LogP contribution in [0.1, 0.15) is 22.3 Å². The van der Waals surface area contributed by atoms with Crippen LogP contribution in [0, 0.1) is 0 Å². The third kappa shape index (κ3) is 5.20. The van der Waals surface area contributed by atoms with Crippen LogP contribution < -0.4 is 0 Å². The summed E-state index contributed by atoms with van der Waals surface area (Å²) in [6, 6.07) is 76.9. The second-order valence-corrected chi connectivity index (χ2v) is 17.4. The molecule has 2 aliphatic carbocycles. The topological polar surface area (TPSA) is 38.7 Å². The molecule has 11 aromatic rings. The van der Waals surface area contributed by atoms with Crippen molar-refractivity contribution in [2.24, 2.45) is 0 Å². The molecule has 13 rings (SSSR count). The van der Waals surface area contributed by atoms with Crippen molar-refractivity contribution in [3.63, 3.8) is 0 Å². The maximum Gasteiger partial charge on any atom is 0.164 e. The number of hydrogen-bond acceptors (Lipinski definition) is 4. The van der Waals surface area contributed by atoms with Crippen LogP contribution in [0.5, 0.6) is 0 Å². The van der Waals surface area contributed by atoms with Crippen molar-refractivity contribution in [1.29, 1.82) is 0 Å². The summed E-state index contributed by atoms with van der Waals surface area (Å²) in [5, 5.41) is 2.53. The summed E-state index contributed by atoms with van der Waals surface area (Å²) >= 11 is 1.80. The molecule has 288 valence electrons. The summed E-state index contributed by atoms with van der Waals surface area (Å²) in [5.41, 5.74) is 17.8. The fraction of sp³-hybridized carbons (Fsp3) is 0.0172. The maximum absolute atomic E-state index is 5.13. The van der Waals surface area contributed by atoms with Crippen molar-refractivity contribution in [2.45, 2.75) is 5.41 Å². The third-order valence-electron chi connectivity index (χ3n) is 13.0. The molecule has 0 bridgehead atoms. The van der Waals surface area contributed by atoms with Gasteiger partial charge in [0.1, 0.15) is 0 Å². The van der Waals surface area contributed by atoms with E-state index in [0.717, 1.165) is 27.8 Å². The Hall–Kier alpha value is -7.79. The van der Waals surface area contributed by atoms with E-state index in [1.807, 2.05) is 18.2 Å². The van der Waals surface area contributed by atoms with E-state index in [2.05, 4.69) is 194 Å². The van der Waals surface area contributed by atoms with Crippen molar-refractivity contribution in [3.05, 3.63) is 235 Å². The lowest BCUT2D eigenvalue weighted by Gasteiger charge is -2.30. The minimum atomic E-state index is -0.365. The Morgan fingerprint density at radius 2 is 0.726 bits per heavy atom. The Balaban J connectivity index is 0.879. The van der Waals surface area contributed by atoms with E-state index in [0.29, 0.717) is 17.5 Å². The first-order valence-corrected chi connectivity index (χ1v) is 21.9. The molecular weight excluding hydrogens is 771 g/mol. The Bertz CT molecular complexity index is 3520. The summed E-state index contributed by atoms with van der Waals surface area (Å²) in [5.74, 6) is 1.96. The Morgan fingerprint density at radius 3 is 1.39 bits per heavy atom. The van der Waals surface area contributed by atoms with E-state index in [9.17, 15) is 0 Å². The first kappa shape index (κ1) is 35.0. The summed E-state index contributed by atoms with van der Waals surface area (Å²) in [4.78, 5) is 15.2. The van der Waals surface area contributed by atoms with Crippen molar-refractivity contribution in [2.75, 3.05) is 0 Å². The molecule has 0 amide bonds. The highest BCUT2D eigenvalue weighted by Crippen LogP contribution is 2.63. The van der Waals surface area contributed by atoms with E-state index in [-0.39, 0.29) is 5.41 Å². The van der Waals surface area contributed by atoms with Crippen molar-refractivity contribution >= 4 is 31.5 Å². The van der Waals surface area contributed by atoms with Crippen LogP contribution >= 0.6 is 11.3 Å². The van der Waals surface area contributed by atoms with Gasteiger partial charge in [0.25, 0.3) is 0 Å². The van der Waals surface area contributed by atoms with Crippen LogP contribution in [0.15, 0.2) is 212 Å². The second-order valence-electron chi connectivity index (χ2n) is 16.3. The van der Waals surface area contributed by atoms with Gasteiger partial charge in [-0.05, 0) is 91.0 Å². The van der Waals surface area contributed by atoms with E-state index in [1.165, 1.54) is 75.8 Å². The molecule has 62 heavy (non-hydrogen) atoms. The Labute approximate surface area is 363 Å². The van der Waals surface area contributed by atoms with Crippen LogP contribution in [0.25, 0.3) is 98.8 Å². The average Bonchev–Trinajstić information content (AvgIpc) is 3.98. The standard InChI is InChI=1S/C58H35N3S/c1-2-13-38(14-3-1)55-59-56(61-57(60-55)42-30-32-48-47-20-7-11-24-53(47)62-54(48)35-42)41-16-12-15-39(33-41)36-25-27-37(28-26-36)40-29-31-46-45-19-6-10-23-51(45)58(52(46)34-40)49-21-8-4-17-43(49)44-18-5-9-22-50(44)58/h1-35H. The van der Waals surface area contributed by atoms with E-state index in [4.69, 9.17) is 15.0 Å². The molecule has 1 spiro atoms. The number of thiophene rings is 1. The average molecular weight is 806 g/mol. The lowest BCUT2D eigenvalue weighted by Crippen LogP contribution is -2.25. The van der Waals surface area contributed by atoms with Gasteiger partial charge in [-0.2, -0.15) is 0 Å². The molecule has 0 radical (unpaired) electrons. The Kier molecular flexibility index (Phi) is 7.69. The molecule has 2 aromatic heterocycles. The lowest BCUT2D eigenvalue weighted by molar-refractivity contribution is 0.794. The zero-order valence-corrected chi connectivity index (χ0v) is 34.3. The third-order valence-corrected chi connectivity index (χ3v) is 14.1. The molecule has 0 unspecified atom stereocenters. The predicted molar refractivity (Wildman–Crippen MR) is 256 cm³/mol. The quantitative estimate of drug-likeness (QED) is 0.174. The molecule has 3 nitrogen and oxygen atoms in total. The van der Waals surface area contributed by atoms with Crippen molar-refractivity contribution in [1.82, 2.24) is 15.0 Å². The second kappa shape index (κ2) is 13.6. The first-order chi connectivity index (χ1) is 30.7. The van der Waals surface area contributed by atoms with E-state index < -0.39 is 0 Å². The summed E-state index contributed by atoms with van der Waals surface area (Å²) in [7, 11) is 0. The van der Waals surface area contributed by atoms with Gasteiger partial charge in [-0.1, -0.05) is 188 Å². The fourth-order valence-corrected chi connectivity index (χ4v) is 11.3. The number of benzene rings is 9. The van der Waals surface area contributed by atoms with Crippen LogP contribution in [-0.2, 0) is 5.41 Å². The summed E-state index contributed by atoms with van der Waals surface area (Å²) in [6.07, 6.45) is 0. The first-order valence-electron chi connectivity index (χ1n) is 21.1. The molecule has 0 N–H and O–H groups in total. The number of hydrogen-bond donors (Lipinski definition) is 0. The highest BCUT2D eigenvalue weighted by atomic mass is 32.1. The van der Waals surface area contributed by atoms with Gasteiger partial charge in [0.05, 0.1) is 5.41 Å². The number of nitrogens with zero attached hydrogens (tertiary/aromatic N) is 3. The molecule has 0 fully saturated rings. The molecule has 0 saturated carbocycles. The van der Waals surface area contributed by atoms with Crippen molar-refractivity contribution < 1.29 is 0 Å². The molecule has 9 aromatic carbocycles. The number of aromatic nitrogens is 3. The molecule has 0 atom stereocenters. The van der Waals surface area contributed by atoms with Gasteiger partial charge in [0.15, 0.2) is 17.5 Å². The molecule has 4 heteroatoms. The van der Waals surface area contributed by atoms with Gasteiger partial charge in [-0.3, -0.25) is 0 Å². The fourth-order valence-electron chi connectivity index (χ4n) is 10.2. The van der Waals surface area contributed by atoms with Crippen LogP contribution in [0.3, 0.4) is 0 Å². The summed E-state index contributed by atoms with van der Waals surface area (Å²) < 4.78 is 2.50. The normalized spacial score (nSPS) is 13.0. The van der Waals surface area contributed by atoms with Gasteiger partial charge >= 0.3 is 0 Å². The maximum atomic E-state index is 5.13. The van der Waals surface area contributed by atoms with Gasteiger partial charge < -0.3 is 0 Å². The zero-order chi connectivity index (χ0) is 40.8. The zero-order valence-electron chi connectivity index (χ0n) is 33.5. The van der Waals surface area contributed by atoms with Crippen molar-refractivity contribution in [3.8, 4) is 78.7 Å². The molecular formula is C58H35N3S. The largest absolute Gasteiger partial charge is 0.208 e. The smallest absolute Gasteiger partial charge is 0.164 e. The minimum absolute atomic E-state index is 0.365. The van der Waals surface area contributed by atoms with Gasteiger partial charge in [-0.25, -0.2) is 15.0 Å². The van der Waals surface area contributed by atoms with Gasteiger partial charge in [-0.15, -0.1) is 11.3 Å². The van der Waals surface area contributed by atoms with Crippen LogP contribution in [0.4, 0.5) is 0 Å². The molecule has 2 aliphatic rings.